The maximum Gasteiger partial charge on any atom is 0.235 e. The lowest BCUT2D eigenvalue weighted by Gasteiger charge is -2.52. The van der Waals surface area contributed by atoms with Crippen molar-refractivity contribution in [2.45, 2.75) is 63.3 Å². The number of likely N-dealkylation sites (N-methyl/N-ethyl adjacent to an activating group) is 1. The molecule has 1 amide bonds. The molecule has 4 aliphatic rings. The first-order chi connectivity index (χ1) is 19.2. The van der Waals surface area contributed by atoms with Crippen LogP contribution in [0.2, 0.25) is 0 Å². The Kier molecular flexibility index (Phi) is 7.36. The van der Waals surface area contributed by atoms with Gasteiger partial charge in [-0.15, -0.1) is 0 Å². The first-order valence-electron chi connectivity index (χ1n) is 14.4. The van der Waals surface area contributed by atoms with E-state index in [1.165, 1.54) is 11.3 Å². The third kappa shape index (κ3) is 4.23. The van der Waals surface area contributed by atoms with Crippen LogP contribution in [0.25, 0.3) is 0 Å². The van der Waals surface area contributed by atoms with Gasteiger partial charge in [0.1, 0.15) is 5.75 Å². The third-order valence-electron chi connectivity index (χ3n) is 9.93. The van der Waals surface area contributed by atoms with Crippen molar-refractivity contribution in [3.05, 3.63) is 22.8 Å². The molecule has 6 atom stereocenters. The SMILES string of the molecule is CCN(Cc1cc(O)c2c(c1N(C)C)C[C@H]1C[C@H]3[C@H](N(C)C)C(=O)C(C(N)=O)C(=O)[C@@]3(O)C(=O)C1C2=O)C1CCC1. The molecular formula is C30H40N4O7. The Morgan fingerprint density at radius 2 is 1.76 bits per heavy atom. The molecule has 0 heterocycles. The van der Waals surface area contributed by atoms with Crippen molar-refractivity contribution in [3.63, 3.8) is 0 Å². The zero-order valence-corrected chi connectivity index (χ0v) is 24.3. The minimum absolute atomic E-state index is 0.0238. The number of nitrogens with zero attached hydrogens (tertiary/aromatic N) is 3. The van der Waals surface area contributed by atoms with E-state index in [0.29, 0.717) is 18.2 Å². The fourth-order valence-electron chi connectivity index (χ4n) is 7.88. The smallest absolute Gasteiger partial charge is 0.235 e. The highest BCUT2D eigenvalue weighted by Crippen LogP contribution is 2.52. The molecule has 5 rings (SSSR count). The number of fused-ring (bicyclic) bond motifs is 3. The van der Waals surface area contributed by atoms with Crippen LogP contribution in [-0.2, 0) is 32.1 Å². The summed E-state index contributed by atoms with van der Waals surface area (Å²) >= 11 is 0. The summed E-state index contributed by atoms with van der Waals surface area (Å²) in [7, 11) is 6.90. The molecule has 3 saturated carbocycles. The topological polar surface area (TPSA) is 162 Å². The van der Waals surface area contributed by atoms with Gasteiger partial charge >= 0.3 is 0 Å². The Labute approximate surface area is 239 Å². The largest absolute Gasteiger partial charge is 0.507 e. The number of phenols is 1. The van der Waals surface area contributed by atoms with E-state index in [1.54, 1.807) is 20.2 Å². The highest BCUT2D eigenvalue weighted by molar-refractivity contribution is 6.32. The van der Waals surface area contributed by atoms with Crippen molar-refractivity contribution in [2.24, 2.45) is 29.4 Å². The average molecular weight is 569 g/mol. The normalized spacial score (nSPS) is 31.6. The van der Waals surface area contributed by atoms with Gasteiger partial charge in [-0.05, 0) is 69.4 Å². The van der Waals surface area contributed by atoms with Gasteiger partial charge in [-0.1, -0.05) is 13.3 Å². The fraction of sp³-hybridized carbons (Fsp3) is 0.633. The lowest BCUT2D eigenvalue weighted by molar-refractivity contribution is -0.181. The van der Waals surface area contributed by atoms with E-state index in [2.05, 4.69) is 11.8 Å². The summed E-state index contributed by atoms with van der Waals surface area (Å²) in [6.45, 7) is 3.54. The maximum absolute atomic E-state index is 14.0. The number of amides is 1. The van der Waals surface area contributed by atoms with Crippen molar-refractivity contribution in [2.75, 3.05) is 39.6 Å². The third-order valence-corrected chi connectivity index (χ3v) is 9.93. The number of primary amides is 1. The second-order valence-electron chi connectivity index (χ2n) is 12.6. The summed E-state index contributed by atoms with van der Waals surface area (Å²) in [5.74, 6) is -10.3. The van der Waals surface area contributed by atoms with Crippen LogP contribution in [0.5, 0.6) is 5.75 Å². The average Bonchev–Trinajstić information content (AvgIpc) is 2.83. The van der Waals surface area contributed by atoms with Crippen LogP contribution in [0.1, 0.15) is 54.1 Å². The second-order valence-corrected chi connectivity index (χ2v) is 12.6. The monoisotopic (exact) mass is 568 g/mol. The quantitative estimate of drug-likeness (QED) is 0.390. The van der Waals surface area contributed by atoms with Crippen LogP contribution < -0.4 is 10.6 Å². The predicted molar refractivity (Wildman–Crippen MR) is 149 cm³/mol. The van der Waals surface area contributed by atoms with E-state index in [9.17, 15) is 34.2 Å². The van der Waals surface area contributed by atoms with Crippen molar-refractivity contribution in [1.29, 1.82) is 0 Å². The first-order valence-corrected chi connectivity index (χ1v) is 14.4. The summed E-state index contributed by atoms with van der Waals surface area (Å²) < 4.78 is 0. The summed E-state index contributed by atoms with van der Waals surface area (Å²) in [5.41, 5.74) is 5.00. The van der Waals surface area contributed by atoms with Crippen LogP contribution in [0.3, 0.4) is 0 Å². The zero-order chi connectivity index (χ0) is 30.1. The lowest BCUT2D eigenvalue weighted by Crippen LogP contribution is -2.74. The van der Waals surface area contributed by atoms with Crippen LogP contribution in [0, 0.1) is 23.7 Å². The van der Waals surface area contributed by atoms with Gasteiger partial charge in [0.15, 0.2) is 34.7 Å². The molecule has 0 radical (unpaired) electrons. The molecular weight excluding hydrogens is 528 g/mol. The molecule has 41 heavy (non-hydrogen) atoms. The van der Waals surface area contributed by atoms with Gasteiger partial charge in [0.05, 0.1) is 17.5 Å². The molecule has 1 aromatic carbocycles. The number of benzene rings is 1. The van der Waals surface area contributed by atoms with Crippen LogP contribution in [0.4, 0.5) is 5.69 Å². The molecule has 11 heteroatoms. The van der Waals surface area contributed by atoms with Gasteiger partial charge in [0, 0.05) is 38.3 Å². The van der Waals surface area contributed by atoms with Gasteiger partial charge in [-0.25, -0.2) is 0 Å². The highest BCUT2D eigenvalue weighted by atomic mass is 16.3. The number of phenolic OH excluding ortho intramolecular Hbond substituents is 1. The number of ketones is 4. The first kappa shape index (κ1) is 29.3. The number of hydrogen-bond donors (Lipinski definition) is 3. The zero-order valence-electron chi connectivity index (χ0n) is 24.3. The Morgan fingerprint density at radius 3 is 2.27 bits per heavy atom. The number of carbonyl (C=O) groups excluding carboxylic acids is 5. The molecule has 0 aliphatic heterocycles. The van der Waals surface area contributed by atoms with E-state index < -0.39 is 64.4 Å². The fourth-order valence-corrected chi connectivity index (χ4v) is 7.88. The van der Waals surface area contributed by atoms with Crippen LogP contribution in [-0.4, -0.2) is 101 Å². The molecule has 0 bridgehead atoms. The van der Waals surface area contributed by atoms with Crippen molar-refractivity contribution in [1.82, 2.24) is 9.80 Å². The minimum Gasteiger partial charge on any atom is -0.507 e. The van der Waals surface area contributed by atoms with E-state index in [0.717, 1.165) is 30.6 Å². The summed E-state index contributed by atoms with van der Waals surface area (Å²) in [6, 6.07) is 0.945. The predicted octanol–water partition coefficient (Wildman–Crippen LogP) is 0.307. The number of carbonyl (C=O) groups is 5. The number of anilines is 1. The number of nitrogens with two attached hydrogens (primary N) is 1. The van der Waals surface area contributed by atoms with Crippen molar-refractivity contribution in [3.8, 4) is 5.75 Å². The number of Topliss-reactive ketones (excluding diaryl/α,β-unsaturated/α-hetero) is 4. The molecule has 4 aliphatic carbocycles. The maximum atomic E-state index is 14.0. The summed E-state index contributed by atoms with van der Waals surface area (Å²) in [4.78, 5) is 72.7. The summed E-state index contributed by atoms with van der Waals surface area (Å²) in [6.07, 6.45) is 3.71. The Bertz CT molecular complexity index is 1340. The molecule has 0 saturated heterocycles. The summed E-state index contributed by atoms with van der Waals surface area (Å²) in [5, 5.41) is 22.9. The second kappa shape index (κ2) is 10.3. The molecule has 0 aromatic heterocycles. The molecule has 3 fully saturated rings. The van der Waals surface area contributed by atoms with Gasteiger partial charge in [0.2, 0.25) is 5.91 Å². The number of aromatic hydroxyl groups is 1. The van der Waals surface area contributed by atoms with Gasteiger partial charge in [0.25, 0.3) is 0 Å². The lowest BCUT2D eigenvalue weighted by atomic mass is 9.52. The molecule has 1 aromatic rings. The Morgan fingerprint density at radius 1 is 1.10 bits per heavy atom. The molecule has 2 unspecified atom stereocenters. The van der Waals surface area contributed by atoms with Crippen molar-refractivity contribution < 1.29 is 34.2 Å². The molecule has 222 valence electrons. The highest BCUT2D eigenvalue weighted by Gasteiger charge is 2.69. The van der Waals surface area contributed by atoms with E-state index >= 15 is 0 Å². The Hall–Kier alpha value is -3.15. The van der Waals surface area contributed by atoms with E-state index in [1.807, 2.05) is 19.0 Å². The number of rotatable bonds is 7. The van der Waals surface area contributed by atoms with Crippen molar-refractivity contribution >= 4 is 34.7 Å². The molecule has 0 spiro atoms. The number of hydrogen-bond acceptors (Lipinski definition) is 10. The molecule has 11 nitrogen and oxygen atoms in total. The Balaban J connectivity index is 1.61. The number of aliphatic hydroxyl groups is 1. The van der Waals surface area contributed by atoms with Gasteiger partial charge in [-0.2, -0.15) is 0 Å². The van der Waals surface area contributed by atoms with E-state index in [4.69, 9.17) is 5.73 Å². The standard InChI is InChI=1S/C30H40N4O7/c1-6-34(16-8-7-9-16)13-15-12-19(35)21-17(23(15)32(2)3)10-14-11-18-24(33(4)5)26(37)22(29(31)40)28(39)30(18,41)27(38)20(14)25(21)36/h12,14,16,18,20,22,24,35,41H,6-11,13H2,1-5H3,(H2,31,40)/t14-,18-,20?,22?,24-,30-/m0/s1. The van der Waals surface area contributed by atoms with E-state index in [-0.39, 0.29) is 24.2 Å². The van der Waals surface area contributed by atoms with Gasteiger partial charge < -0.3 is 20.8 Å². The minimum atomic E-state index is -2.72. The van der Waals surface area contributed by atoms with Crippen LogP contribution >= 0.6 is 0 Å². The van der Waals surface area contributed by atoms with Crippen LogP contribution in [0.15, 0.2) is 6.07 Å². The molecule has 4 N–H and O–H groups in total. The van der Waals surface area contributed by atoms with Gasteiger partial charge in [-0.3, -0.25) is 33.8 Å².